The van der Waals surface area contributed by atoms with Gasteiger partial charge in [0.25, 0.3) is 0 Å². The van der Waals surface area contributed by atoms with Gasteiger partial charge in [0.1, 0.15) is 17.1 Å². The van der Waals surface area contributed by atoms with E-state index in [1.165, 1.54) is 0 Å². The van der Waals surface area contributed by atoms with E-state index in [2.05, 4.69) is 0 Å². The van der Waals surface area contributed by atoms with Crippen LogP contribution in [0, 0.1) is 20.8 Å². The number of para-hydroxylation sites is 1. The first-order valence-electron chi connectivity index (χ1n) is 11.3. The van der Waals surface area contributed by atoms with Crippen molar-refractivity contribution in [3.63, 3.8) is 0 Å². The maximum atomic E-state index is 12.7. The zero-order valence-corrected chi connectivity index (χ0v) is 19.8. The van der Waals surface area contributed by atoms with Crippen molar-refractivity contribution in [2.24, 2.45) is 0 Å². The summed E-state index contributed by atoms with van der Waals surface area (Å²) in [5.41, 5.74) is 3.16. The van der Waals surface area contributed by atoms with Crippen LogP contribution in [0.2, 0.25) is 5.02 Å². The van der Waals surface area contributed by atoms with Gasteiger partial charge >= 0.3 is 0 Å². The number of piperidine rings is 1. The van der Waals surface area contributed by atoms with Crippen LogP contribution in [0.15, 0.2) is 30.3 Å². The second-order valence-corrected chi connectivity index (χ2v) is 9.44. The molecule has 0 N–H and O–H groups in total. The molecule has 6 heteroatoms. The standard InChI is InChI=1S/C26H30ClNO4/c1-17-6-4-7-18(2)25(17)31-13-5-8-24(30)28-11-9-26(10-12-28)16-22(29)20-15-21(27)19(3)14-23(20)32-26/h4,6-7,14-15H,5,8-13,16H2,1-3H3. The molecular weight excluding hydrogens is 426 g/mol. The van der Waals surface area contributed by atoms with E-state index >= 15 is 0 Å². The molecule has 1 amide bonds. The third-order valence-corrected chi connectivity index (χ3v) is 7.00. The third-order valence-electron chi connectivity index (χ3n) is 6.59. The van der Waals surface area contributed by atoms with Crippen LogP contribution in [0.4, 0.5) is 0 Å². The first-order chi connectivity index (χ1) is 15.3. The van der Waals surface area contributed by atoms with Gasteiger partial charge in [-0.15, -0.1) is 0 Å². The summed E-state index contributed by atoms with van der Waals surface area (Å²) in [4.78, 5) is 27.3. The number of fused-ring (bicyclic) bond motifs is 1. The molecule has 0 radical (unpaired) electrons. The highest BCUT2D eigenvalue weighted by Gasteiger charge is 2.43. The van der Waals surface area contributed by atoms with Crippen LogP contribution in [0.1, 0.15) is 59.2 Å². The molecule has 0 bridgehead atoms. The van der Waals surface area contributed by atoms with Gasteiger partial charge in [-0.25, -0.2) is 0 Å². The van der Waals surface area contributed by atoms with Crippen molar-refractivity contribution in [3.8, 4) is 11.5 Å². The molecule has 4 rings (SSSR count). The smallest absolute Gasteiger partial charge is 0.222 e. The van der Waals surface area contributed by atoms with Gasteiger partial charge in [-0.3, -0.25) is 9.59 Å². The summed E-state index contributed by atoms with van der Waals surface area (Å²) in [7, 11) is 0. The van der Waals surface area contributed by atoms with Crippen LogP contribution in [-0.2, 0) is 4.79 Å². The molecule has 170 valence electrons. The number of hydrogen-bond acceptors (Lipinski definition) is 4. The average Bonchev–Trinajstić information content (AvgIpc) is 2.75. The number of ether oxygens (including phenoxy) is 2. The Kier molecular flexibility index (Phi) is 6.47. The van der Waals surface area contributed by atoms with Crippen LogP contribution < -0.4 is 9.47 Å². The minimum atomic E-state index is -0.521. The van der Waals surface area contributed by atoms with E-state index in [-0.39, 0.29) is 11.7 Å². The maximum absolute atomic E-state index is 12.7. The van der Waals surface area contributed by atoms with Crippen molar-refractivity contribution >= 4 is 23.3 Å². The van der Waals surface area contributed by atoms with Gasteiger partial charge in [0.05, 0.1) is 18.6 Å². The highest BCUT2D eigenvalue weighted by molar-refractivity contribution is 6.31. The summed E-state index contributed by atoms with van der Waals surface area (Å²) in [6.45, 7) is 7.69. The summed E-state index contributed by atoms with van der Waals surface area (Å²) in [6.07, 6.45) is 2.79. The van der Waals surface area contributed by atoms with Gasteiger partial charge in [0.2, 0.25) is 5.91 Å². The number of aryl methyl sites for hydroxylation is 3. The third kappa shape index (κ3) is 4.63. The Bertz CT molecular complexity index is 1020. The fourth-order valence-corrected chi connectivity index (χ4v) is 4.80. The van der Waals surface area contributed by atoms with Gasteiger partial charge in [-0.2, -0.15) is 0 Å². The summed E-state index contributed by atoms with van der Waals surface area (Å²) < 4.78 is 12.2. The zero-order chi connectivity index (χ0) is 22.9. The fraction of sp³-hybridized carbons (Fsp3) is 0.462. The van der Waals surface area contributed by atoms with Gasteiger partial charge in [0, 0.05) is 37.4 Å². The summed E-state index contributed by atoms with van der Waals surface area (Å²) >= 11 is 6.18. The lowest BCUT2D eigenvalue weighted by Crippen LogP contribution is -2.52. The molecule has 1 spiro atoms. The number of carbonyl (C=O) groups is 2. The molecule has 2 aliphatic rings. The molecule has 2 aliphatic heterocycles. The summed E-state index contributed by atoms with van der Waals surface area (Å²) in [6, 6.07) is 9.64. The molecule has 1 saturated heterocycles. The Morgan fingerprint density at radius 3 is 2.50 bits per heavy atom. The van der Waals surface area contributed by atoms with Crippen molar-refractivity contribution in [1.29, 1.82) is 0 Å². The number of halogens is 1. The van der Waals surface area contributed by atoms with E-state index in [0.717, 1.165) is 22.4 Å². The molecule has 1 fully saturated rings. The average molecular weight is 456 g/mol. The number of amides is 1. The van der Waals surface area contributed by atoms with E-state index in [1.54, 1.807) is 6.07 Å². The number of Topliss-reactive ketones (excluding diaryl/α,β-unsaturated/α-hetero) is 1. The molecule has 2 aromatic carbocycles. The normalized spacial score (nSPS) is 17.1. The number of likely N-dealkylation sites (tertiary alicyclic amines) is 1. The highest BCUT2D eigenvalue weighted by Crippen LogP contribution is 2.41. The van der Waals surface area contributed by atoms with E-state index in [0.29, 0.717) is 68.1 Å². The fourth-order valence-electron chi connectivity index (χ4n) is 4.64. The van der Waals surface area contributed by atoms with Crippen molar-refractivity contribution in [3.05, 3.63) is 57.6 Å². The molecule has 0 aromatic heterocycles. The van der Waals surface area contributed by atoms with Crippen LogP contribution in [0.3, 0.4) is 0 Å². The lowest BCUT2D eigenvalue weighted by molar-refractivity contribution is -0.135. The largest absolute Gasteiger partial charge is 0.493 e. The second kappa shape index (κ2) is 9.14. The molecule has 2 aromatic rings. The molecule has 0 aliphatic carbocycles. The van der Waals surface area contributed by atoms with Crippen molar-refractivity contribution < 1.29 is 19.1 Å². The molecule has 2 heterocycles. The predicted molar refractivity (Wildman–Crippen MR) is 125 cm³/mol. The minimum Gasteiger partial charge on any atom is -0.493 e. The van der Waals surface area contributed by atoms with Gasteiger partial charge in [-0.05, 0) is 56.0 Å². The number of ketones is 1. The molecule has 0 unspecified atom stereocenters. The zero-order valence-electron chi connectivity index (χ0n) is 19.0. The Hall–Kier alpha value is -2.53. The molecule has 0 saturated carbocycles. The van der Waals surface area contributed by atoms with E-state index in [4.69, 9.17) is 21.1 Å². The predicted octanol–water partition coefficient (Wildman–Crippen LogP) is 5.45. The topological polar surface area (TPSA) is 55.8 Å². The van der Waals surface area contributed by atoms with Gasteiger partial charge in [0.15, 0.2) is 5.78 Å². The number of carbonyl (C=O) groups excluding carboxylic acids is 2. The van der Waals surface area contributed by atoms with E-state index < -0.39 is 5.60 Å². The molecular formula is C26H30ClNO4. The first-order valence-corrected chi connectivity index (χ1v) is 11.6. The number of hydrogen-bond donors (Lipinski definition) is 0. The minimum absolute atomic E-state index is 0.0663. The molecule has 32 heavy (non-hydrogen) atoms. The van der Waals surface area contributed by atoms with Crippen LogP contribution in [0.5, 0.6) is 11.5 Å². The Morgan fingerprint density at radius 2 is 1.81 bits per heavy atom. The monoisotopic (exact) mass is 455 g/mol. The van der Waals surface area contributed by atoms with Crippen LogP contribution in [-0.4, -0.2) is 41.9 Å². The Labute approximate surface area is 194 Å². The van der Waals surface area contributed by atoms with Crippen molar-refractivity contribution in [2.45, 2.75) is 58.5 Å². The molecule has 5 nitrogen and oxygen atoms in total. The van der Waals surface area contributed by atoms with Gasteiger partial charge < -0.3 is 14.4 Å². The summed E-state index contributed by atoms with van der Waals surface area (Å²) in [5, 5.41) is 0.582. The van der Waals surface area contributed by atoms with Crippen molar-refractivity contribution in [2.75, 3.05) is 19.7 Å². The molecule has 0 atom stereocenters. The van der Waals surface area contributed by atoms with E-state index in [9.17, 15) is 9.59 Å². The Balaban J connectivity index is 1.28. The summed E-state index contributed by atoms with van der Waals surface area (Å²) in [5.74, 6) is 1.73. The van der Waals surface area contributed by atoms with E-state index in [1.807, 2.05) is 49.9 Å². The maximum Gasteiger partial charge on any atom is 0.222 e. The van der Waals surface area contributed by atoms with Gasteiger partial charge in [-0.1, -0.05) is 29.8 Å². The van der Waals surface area contributed by atoms with Crippen LogP contribution >= 0.6 is 11.6 Å². The quantitative estimate of drug-likeness (QED) is 0.562. The highest BCUT2D eigenvalue weighted by atomic mass is 35.5. The first kappa shape index (κ1) is 22.7. The Morgan fingerprint density at radius 1 is 1.12 bits per heavy atom. The number of rotatable bonds is 5. The number of nitrogens with zero attached hydrogens (tertiary/aromatic N) is 1. The number of benzene rings is 2. The van der Waals surface area contributed by atoms with Crippen LogP contribution in [0.25, 0.3) is 0 Å². The SMILES string of the molecule is Cc1cc2c(cc1Cl)C(=O)CC1(CCN(C(=O)CCCOc3c(C)cccc3C)CC1)O2. The van der Waals surface area contributed by atoms with Crippen molar-refractivity contribution in [1.82, 2.24) is 4.90 Å². The lowest BCUT2D eigenvalue weighted by Gasteiger charge is -2.44. The lowest BCUT2D eigenvalue weighted by atomic mass is 9.82. The second-order valence-electron chi connectivity index (χ2n) is 9.04.